The fraction of sp³-hybridized carbons (Fsp3) is 0.467. The van der Waals surface area contributed by atoms with Crippen molar-refractivity contribution in [2.75, 3.05) is 12.3 Å². The van der Waals surface area contributed by atoms with Gasteiger partial charge in [0, 0.05) is 17.6 Å². The number of nitrogen functional groups attached to an aromatic ring is 1. The van der Waals surface area contributed by atoms with Crippen LogP contribution in [0.2, 0.25) is 0 Å². The van der Waals surface area contributed by atoms with Crippen LogP contribution in [0.3, 0.4) is 0 Å². The van der Waals surface area contributed by atoms with Crippen LogP contribution in [0.25, 0.3) is 6.08 Å². The molecule has 21 heavy (non-hydrogen) atoms. The van der Waals surface area contributed by atoms with Crippen molar-refractivity contribution in [3.05, 3.63) is 29.2 Å². The van der Waals surface area contributed by atoms with Crippen molar-refractivity contribution in [2.24, 2.45) is 5.73 Å². The Morgan fingerprint density at radius 2 is 2.19 bits per heavy atom. The van der Waals surface area contributed by atoms with Crippen molar-refractivity contribution < 1.29 is 14.6 Å². The second-order valence-electron chi connectivity index (χ2n) is 5.45. The van der Waals surface area contributed by atoms with Gasteiger partial charge in [0.1, 0.15) is 5.56 Å². The van der Waals surface area contributed by atoms with Crippen molar-refractivity contribution >= 4 is 17.7 Å². The molecule has 0 radical (unpaired) electrons. The summed E-state index contributed by atoms with van der Waals surface area (Å²) in [7, 11) is 0. The second kappa shape index (κ2) is 7.08. The zero-order chi connectivity index (χ0) is 16.0. The molecule has 5 N–H and O–H groups in total. The van der Waals surface area contributed by atoms with Gasteiger partial charge in [0.15, 0.2) is 0 Å². The summed E-state index contributed by atoms with van der Waals surface area (Å²) in [5.41, 5.74) is 12.6. The molecule has 1 rings (SSSR count). The first-order valence-corrected chi connectivity index (χ1v) is 6.84. The van der Waals surface area contributed by atoms with Crippen LogP contribution in [-0.2, 0) is 4.74 Å². The number of ether oxygens (including phenoxy) is 1. The molecule has 6 nitrogen and oxygen atoms in total. The maximum absolute atomic E-state index is 11.6. The third kappa shape index (κ3) is 5.83. The first kappa shape index (κ1) is 17.0. The lowest BCUT2D eigenvalue weighted by Crippen LogP contribution is -2.19. The monoisotopic (exact) mass is 293 g/mol. The molecule has 0 spiro atoms. The van der Waals surface area contributed by atoms with Crippen molar-refractivity contribution in [3.63, 3.8) is 0 Å². The average Bonchev–Trinajstić information content (AvgIpc) is 2.36. The number of aliphatic hydroxyl groups is 1. The highest BCUT2D eigenvalue weighted by molar-refractivity contribution is 5.94. The number of hydrogen-bond donors (Lipinski definition) is 3. The topological polar surface area (TPSA) is 111 Å². The van der Waals surface area contributed by atoms with Crippen LogP contribution in [0.1, 0.15) is 49.7 Å². The van der Waals surface area contributed by atoms with E-state index < -0.39 is 11.6 Å². The highest BCUT2D eigenvalue weighted by atomic mass is 16.5. The van der Waals surface area contributed by atoms with Gasteiger partial charge < -0.3 is 21.3 Å². The van der Waals surface area contributed by atoms with E-state index in [0.29, 0.717) is 29.9 Å². The number of pyridine rings is 1. The first-order chi connectivity index (χ1) is 9.73. The van der Waals surface area contributed by atoms with E-state index in [1.165, 1.54) is 6.20 Å². The molecular weight excluding hydrogens is 270 g/mol. The number of anilines is 1. The highest BCUT2D eigenvalue weighted by Gasteiger charge is 2.13. The predicted octanol–water partition coefficient (Wildman–Crippen LogP) is 1.69. The number of carbonyl (C=O) groups excluding carboxylic acids is 1. The molecule has 0 aliphatic rings. The minimum atomic E-state index is -0.765. The van der Waals surface area contributed by atoms with Crippen LogP contribution in [0.4, 0.5) is 5.69 Å². The van der Waals surface area contributed by atoms with E-state index in [1.807, 2.05) is 0 Å². The molecule has 1 aromatic heterocycles. The summed E-state index contributed by atoms with van der Waals surface area (Å²) in [6, 6.07) is 1.57. The normalized spacial score (nSPS) is 12.3. The molecule has 0 saturated carbocycles. The van der Waals surface area contributed by atoms with Crippen LogP contribution in [0.15, 0.2) is 18.0 Å². The maximum atomic E-state index is 11.6. The lowest BCUT2D eigenvalue weighted by Gasteiger charge is -2.16. The first-order valence-electron chi connectivity index (χ1n) is 6.84. The molecule has 0 atom stereocenters. The van der Waals surface area contributed by atoms with Crippen molar-refractivity contribution in [3.8, 4) is 0 Å². The third-order valence-corrected chi connectivity index (χ3v) is 2.81. The largest absolute Gasteiger partial charge is 0.462 e. The van der Waals surface area contributed by atoms with Crippen molar-refractivity contribution in [2.45, 2.75) is 39.2 Å². The van der Waals surface area contributed by atoms with Crippen LogP contribution in [0.5, 0.6) is 0 Å². The van der Waals surface area contributed by atoms with E-state index in [9.17, 15) is 9.90 Å². The van der Waals surface area contributed by atoms with Gasteiger partial charge in [0.05, 0.1) is 17.9 Å². The van der Waals surface area contributed by atoms with E-state index in [4.69, 9.17) is 16.2 Å². The summed E-state index contributed by atoms with van der Waals surface area (Å²) < 4.78 is 4.88. The van der Waals surface area contributed by atoms with Gasteiger partial charge in [-0.3, -0.25) is 4.98 Å². The van der Waals surface area contributed by atoms with Crippen LogP contribution in [0, 0.1) is 0 Å². The maximum Gasteiger partial charge on any atom is 0.341 e. The summed E-state index contributed by atoms with van der Waals surface area (Å²) in [4.78, 5) is 15.7. The standard InChI is InChI=1S/C15H23N3O3/c1-4-21-14(19)12-9-18-11(8-13(12)17)7-10(16)5-6-15(2,3)20/h7-9,20H,4-6,16H2,1-3H3,(H2,17,18). The van der Waals surface area contributed by atoms with Gasteiger partial charge >= 0.3 is 5.97 Å². The van der Waals surface area contributed by atoms with Gasteiger partial charge in [-0.05, 0) is 45.8 Å². The Labute approximate surface area is 124 Å². The lowest BCUT2D eigenvalue weighted by atomic mass is 10.0. The Balaban J connectivity index is 2.81. The van der Waals surface area contributed by atoms with E-state index >= 15 is 0 Å². The molecule has 116 valence electrons. The average molecular weight is 293 g/mol. The smallest absolute Gasteiger partial charge is 0.341 e. The van der Waals surface area contributed by atoms with Crippen molar-refractivity contribution in [1.82, 2.24) is 4.98 Å². The zero-order valence-corrected chi connectivity index (χ0v) is 12.7. The van der Waals surface area contributed by atoms with E-state index in [1.54, 1.807) is 32.9 Å². The number of hydrogen-bond acceptors (Lipinski definition) is 6. The molecule has 1 aromatic rings. The fourth-order valence-corrected chi connectivity index (χ4v) is 1.66. The Hall–Kier alpha value is -2.08. The molecule has 0 fully saturated rings. The Morgan fingerprint density at radius 3 is 2.71 bits per heavy atom. The van der Waals surface area contributed by atoms with Gasteiger partial charge in [-0.1, -0.05) is 0 Å². The molecule has 0 unspecified atom stereocenters. The molecule has 0 saturated heterocycles. The number of carbonyl (C=O) groups is 1. The van der Waals surface area contributed by atoms with Crippen molar-refractivity contribution in [1.29, 1.82) is 0 Å². The number of esters is 1. The van der Waals surface area contributed by atoms with Gasteiger partial charge in [-0.15, -0.1) is 0 Å². The molecule has 0 bridgehead atoms. The molecule has 6 heteroatoms. The number of aromatic nitrogens is 1. The minimum Gasteiger partial charge on any atom is -0.462 e. The zero-order valence-electron chi connectivity index (χ0n) is 12.7. The Kier molecular flexibility index (Phi) is 5.72. The van der Waals surface area contributed by atoms with Gasteiger partial charge in [0.2, 0.25) is 0 Å². The quantitative estimate of drug-likeness (QED) is 0.688. The van der Waals surface area contributed by atoms with Gasteiger partial charge in [-0.2, -0.15) is 0 Å². The molecule has 0 amide bonds. The molecule has 0 aliphatic heterocycles. The third-order valence-electron chi connectivity index (χ3n) is 2.81. The Bertz CT molecular complexity index is 533. The number of nitrogens with two attached hydrogens (primary N) is 2. The van der Waals surface area contributed by atoms with E-state index in [2.05, 4.69) is 4.98 Å². The highest BCUT2D eigenvalue weighted by Crippen LogP contribution is 2.17. The fourth-order valence-electron chi connectivity index (χ4n) is 1.66. The SMILES string of the molecule is CCOC(=O)c1cnc(C=C(N)CCC(C)(C)O)cc1N. The Morgan fingerprint density at radius 1 is 1.52 bits per heavy atom. The molecule has 0 aliphatic carbocycles. The second-order valence-corrected chi connectivity index (χ2v) is 5.45. The summed E-state index contributed by atoms with van der Waals surface area (Å²) in [5.74, 6) is -0.493. The van der Waals surface area contributed by atoms with E-state index in [0.717, 1.165) is 0 Å². The minimum absolute atomic E-state index is 0.240. The summed E-state index contributed by atoms with van der Waals surface area (Å²) in [6.45, 7) is 5.46. The van der Waals surface area contributed by atoms with Gasteiger partial charge in [-0.25, -0.2) is 4.79 Å². The summed E-state index contributed by atoms with van der Waals surface area (Å²) in [6.07, 6.45) is 4.15. The van der Waals surface area contributed by atoms with Crippen LogP contribution >= 0.6 is 0 Å². The summed E-state index contributed by atoms with van der Waals surface area (Å²) in [5, 5.41) is 9.65. The lowest BCUT2D eigenvalue weighted by molar-refractivity contribution is 0.0527. The molecule has 1 heterocycles. The predicted molar refractivity (Wildman–Crippen MR) is 82.3 cm³/mol. The van der Waals surface area contributed by atoms with Gasteiger partial charge in [0.25, 0.3) is 0 Å². The number of rotatable bonds is 6. The summed E-state index contributed by atoms with van der Waals surface area (Å²) >= 11 is 0. The molecule has 0 aromatic carbocycles. The number of allylic oxidation sites excluding steroid dienone is 1. The van der Waals surface area contributed by atoms with E-state index in [-0.39, 0.29) is 12.2 Å². The number of nitrogens with zero attached hydrogens (tertiary/aromatic N) is 1. The van der Waals surface area contributed by atoms with Crippen LogP contribution in [-0.4, -0.2) is 28.3 Å². The molecular formula is C15H23N3O3. The van der Waals surface area contributed by atoms with Crippen LogP contribution < -0.4 is 11.5 Å².